The minimum Gasteiger partial charge on any atom is -0.287 e. The smallest absolute Gasteiger partial charge is 0.211 e. The van der Waals surface area contributed by atoms with Crippen LogP contribution in [0.4, 0.5) is 0 Å². The maximum atomic E-state index is 12.0. The van der Waals surface area contributed by atoms with Crippen molar-refractivity contribution in [2.75, 3.05) is 0 Å². The number of carbonyl (C=O) groups is 1. The van der Waals surface area contributed by atoms with Gasteiger partial charge < -0.3 is 0 Å². The summed E-state index contributed by atoms with van der Waals surface area (Å²) in [6.07, 6.45) is 0. The van der Waals surface area contributed by atoms with Gasteiger partial charge in [-0.15, -0.1) is 0 Å². The molecule has 0 unspecified atom stereocenters. The van der Waals surface area contributed by atoms with Crippen molar-refractivity contribution < 1.29 is 4.79 Å². The van der Waals surface area contributed by atoms with Crippen LogP contribution in [0.25, 0.3) is 0 Å². The molecule has 0 saturated carbocycles. The molecule has 0 aliphatic heterocycles. The molecular weight excluding hydrogens is 256 g/mol. The van der Waals surface area contributed by atoms with Crippen LogP contribution in [0.3, 0.4) is 0 Å². The molecule has 4 heteroatoms. The molecule has 1 aromatic heterocycles. The number of rotatable bonds is 2. The van der Waals surface area contributed by atoms with E-state index in [4.69, 9.17) is 0 Å². The van der Waals surface area contributed by atoms with Gasteiger partial charge in [-0.25, -0.2) is 0 Å². The van der Waals surface area contributed by atoms with Crippen molar-refractivity contribution >= 4 is 21.7 Å². The van der Waals surface area contributed by atoms with Gasteiger partial charge in [0.05, 0.1) is 0 Å². The lowest BCUT2D eigenvalue weighted by Crippen LogP contribution is -2.07. The lowest BCUT2D eigenvalue weighted by Gasteiger charge is -2.00. The van der Waals surface area contributed by atoms with Crippen LogP contribution < -0.4 is 0 Å². The van der Waals surface area contributed by atoms with E-state index < -0.39 is 0 Å². The van der Waals surface area contributed by atoms with Crippen LogP contribution in [0.2, 0.25) is 0 Å². The van der Waals surface area contributed by atoms with Crippen molar-refractivity contribution in [1.29, 1.82) is 0 Å². The first kappa shape index (κ1) is 10.1. The number of carbonyl (C=O) groups excluding carboxylic acids is 1. The van der Waals surface area contributed by atoms with Gasteiger partial charge in [-0.3, -0.25) is 9.48 Å². The van der Waals surface area contributed by atoms with E-state index >= 15 is 0 Å². The lowest BCUT2D eigenvalue weighted by atomic mass is 10.1. The van der Waals surface area contributed by atoms with Gasteiger partial charge in [0.2, 0.25) is 5.78 Å². The summed E-state index contributed by atoms with van der Waals surface area (Å²) in [7, 11) is 1.75. The van der Waals surface area contributed by atoms with Crippen LogP contribution in [0.1, 0.15) is 16.1 Å². The Labute approximate surface area is 95.9 Å². The zero-order valence-electron chi connectivity index (χ0n) is 8.14. The second-order valence-electron chi connectivity index (χ2n) is 3.17. The average Bonchev–Trinajstić information content (AvgIpc) is 2.58. The molecule has 2 aromatic rings. The predicted molar refractivity (Wildman–Crippen MR) is 60.8 cm³/mol. The summed E-state index contributed by atoms with van der Waals surface area (Å²) < 4.78 is 2.24. The van der Waals surface area contributed by atoms with E-state index in [0.717, 1.165) is 0 Å². The first-order valence-electron chi connectivity index (χ1n) is 4.48. The van der Waals surface area contributed by atoms with Crippen molar-refractivity contribution in [3.05, 3.63) is 52.3 Å². The summed E-state index contributed by atoms with van der Waals surface area (Å²) in [5.41, 5.74) is 1.25. The fourth-order valence-electron chi connectivity index (χ4n) is 1.38. The minimum absolute atomic E-state index is 0.0173. The number of aryl methyl sites for hydroxylation is 1. The third kappa shape index (κ3) is 1.99. The van der Waals surface area contributed by atoms with Gasteiger partial charge in [-0.2, -0.15) is 5.10 Å². The van der Waals surface area contributed by atoms with Gasteiger partial charge in [-0.05, 0) is 15.9 Å². The molecule has 0 spiro atoms. The van der Waals surface area contributed by atoms with Crippen molar-refractivity contribution in [3.63, 3.8) is 0 Å². The maximum Gasteiger partial charge on any atom is 0.211 e. The maximum absolute atomic E-state index is 12.0. The molecule has 0 radical (unpaired) electrons. The molecule has 0 N–H and O–H groups in total. The van der Waals surface area contributed by atoms with Gasteiger partial charge in [0.1, 0.15) is 10.3 Å². The van der Waals surface area contributed by atoms with Crippen molar-refractivity contribution in [1.82, 2.24) is 9.78 Å². The van der Waals surface area contributed by atoms with Crippen LogP contribution in [0, 0.1) is 0 Å². The second kappa shape index (κ2) is 3.98. The Morgan fingerprint density at radius 2 is 2.00 bits per heavy atom. The standard InChI is InChI=1S/C11H9BrN2O/c1-14-9(7-10(12)13-14)11(15)8-5-3-2-4-6-8/h2-7H,1H3. The average molecular weight is 265 g/mol. The normalized spacial score (nSPS) is 10.3. The lowest BCUT2D eigenvalue weighted by molar-refractivity contribution is 0.103. The van der Waals surface area contributed by atoms with Gasteiger partial charge in [0, 0.05) is 18.7 Å². The van der Waals surface area contributed by atoms with Crippen molar-refractivity contribution in [2.45, 2.75) is 0 Å². The van der Waals surface area contributed by atoms with E-state index in [2.05, 4.69) is 21.0 Å². The highest BCUT2D eigenvalue weighted by atomic mass is 79.9. The van der Waals surface area contributed by atoms with Gasteiger partial charge in [0.25, 0.3) is 0 Å². The number of hydrogen-bond acceptors (Lipinski definition) is 2. The Hall–Kier alpha value is -1.42. The minimum atomic E-state index is -0.0173. The van der Waals surface area contributed by atoms with Gasteiger partial charge >= 0.3 is 0 Å². The highest BCUT2D eigenvalue weighted by Crippen LogP contribution is 2.13. The number of hydrogen-bond donors (Lipinski definition) is 0. The van der Waals surface area contributed by atoms with Crippen molar-refractivity contribution in [2.24, 2.45) is 7.05 Å². The van der Waals surface area contributed by atoms with Crippen LogP contribution >= 0.6 is 15.9 Å². The zero-order valence-corrected chi connectivity index (χ0v) is 9.73. The SMILES string of the molecule is Cn1nc(Br)cc1C(=O)c1ccccc1. The summed E-state index contributed by atoms with van der Waals surface area (Å²) in [5, 5.41) is 4.07. The van der Waals surface area contributed by atoms with E-state index in [1.807, 2.05) is 18.2 Å². The molecule has 0 bridgehead atoms. The van der Waals surface area contributed by atoms with Crippen LogP contribution in [-0.2, 0) is 7.05 Å². The Bertz CT molecular complexity index is 491. The largest absolute Gasteiger partial charge is 0.287 e. The fourth-order valence-corrected chi connectivity index (χ4v) is 1.84. The first-order chi connectivity index (χ1) is 7.18. The quantitative estimate of drug-likeness (QED) is 0.781. The number of aromatic nitrogens is 2. The Kier molecular flexibility index (Phi) is 2.68. The van der Waals surface area contributed by atoms with Crippen LogP contribution in [0.15, 0.2) is 41.0 Å². The molecule has 1 heterocycles. The predicted octanol–water partition coefficient (Wildman–Crippen LogP) is 2.41. The van der Waals surface area contributed by atoms with E-state index in [1.54, 1.807) is 29.9 Å². The highest BCUT2D eigenvalue weighted by Gasteiger charge is 2.13. The summed E-state index contributed by atoms with van der Waals surface area (Å²) in [5.74, 6) is -0.0173. The van der Waals surface area contributed by atoms with Gasteiger partial charge in [-0.1, -0.05) is 30.3 Å². The van der Waals surface area contributed by atoms with Gasteiger partial charge in [0.15, 0.2) is 0 Å². The highest BCUT2D eigenvalue weighted by molar-refractivity contribution is 9.10. The summed E-state index contributed by atoms with van der Waals surface area (Å²) in [6.45, 7) is 0. The zero-order chi connectivity index (χ0) is 10.8. The van der Waals surface area contributed by atoms with E-state index in [1.165, 1.54) is 0 Å². The van der Waals surface area contributed by atoms with Crippen LogP contribution in [-0.4, -0.2) is 15.6 Å². The molecule has 3 nitrogen and oxygen atoms in total. The molecule has 76 valence electrons. The van der Waals surface area contributed by atoms with E-state index in [-0.39, 0.29) is 5.78 Å². The Morgan fingerprint density at radius 3 is 2.53 bits per heavy atom. The molecule has 0 amide bonds. The van der Waals surface area contributed by atoms with Crippen molar-refractivity contribution in [3.8, 4) is 0 Å². The number of nitrogens with zero attached hydrogens (tertiary/aromatic N) is 2. The molecule has 15 heavy (non-hydrogen) atoms. The van der Waals surface area contributed by atoms with E-state index in [9.17, 15) is 4.79 Å². The molecular formula is C11H9BrN2O. The number of halogens is 1. The molecule has 0 saturated heterocycles. The summed E-state index contributed by atoms with van der Waals surface area (Å²) in [4.78, 5) is 12.0. The third-order valence-electron chi connectivity index (χ3n) is 2.12. The fraction of sp³-hybridized carbons (Fsp3) is 0.0909. The molecule has 2 rings (SSSR count). The third-order valence-corrected chi connectivity index (χ3v) is 2.51. The molecule has 0 aliphatic carbocycles. The second-order valence-corrected chi connectivity index (χ2v) is 3.98. The summed E-state index contributed by atoms with van der Waals surface area (Å²) >= 11 is 3.24. The number of ketones is 1. The molecule has 0 atom stereocenters. The number of benzene rings is 1. The molecule has 1 aromatic carbocycles. The molecule has 0 fully saturated rings. The summed E-state index contributed by atoms with van der Waals surface area (Å²) in [6, 6.07) is 10.9. The Balaban J connectivity index is 2.41. The Morgan fingerprint density at radius 1 is 1.33 bits per heavy atom. The molecule has 0 aliphatic rings. The monoisotopic (exact) mass is 264 g/mol. The first-order valence-corrected chi connectivity index (χ1v) is 5.27. The van der Waals surface area contributed by atoms with Crippen LogP contribution in [0.5, 0.6) is 0 Å². The topological polar surface area (TPSA) is 34.9 Å². The van der Waals surface area contributed by atoms with E-state index in [0.29, 0.717) is 15.9 Å².